The number of benzene rings is 1. The van der Waals surface area contributed by atoms with Crippen molar-refractivity contribution >= 4 is 18.3 Å². The first-order valence-electron chi connectivity index (χ1n) is 7.51. The average molecular weight is 330 g/mol. The SMILES string of the molecule is CCN(CC)C(CNC(=O)CCN)c1cccc(OC)c1.Cl. The number of nitrogens with zero attached hydrogens (tertiary/aromatic N) is 1. The number of methoxy groups -OCH3 is 1. The molecule has 0 spiro atoms. The van der Waals surface area contributed by atoms with Crippen molar-refractivity contribution in [2.24, 2.45) is 5.73 Å². The number of halogens is 1. The summed E-state index contributed by atoms with van der Waals surface area (Å²) < 4.78 is 5.29. The molecule has 0 fully saturated rings. The summed E-state index contributed by atoms with van der Waals surface area (Å²) in [5, 5.41) is 2.97. The molecule has 5 nitrogen and oxygen atoms in total. The van der Waals surface area contributed by atoms with Gasteiger partial charge in [-0.1, -0.05) is 26.0 Å². The van der Waals surface area contributed by atoms with E-state index in [-0.39, 0.29) is 24.4 Å². The fourth-order valence-corrected chi connectivity index (χ4v) is 2.40. The number of carbonyl (C=O) groups is 1. The average Bonchev–Trinajstić information content (AvgIpc) is 2.51. The maximum atomic E-state index is 11.7. The number of likely N-dealkylation sites (N-methyl/N-ethyl adjacent to an activating group) is 1. The highest BCUT2D eigenvalue weighted by molar-refractivity contribution is 5.85. The molecular formula is C16H28ClN3O2. The summed E-state index contributed by atoms with van der Waals surface area (Å²) in [6.45, 7) is 7.04. The highest BCUT2D eigenvalue weighted by Gasteiger charge is 2.19. The molecule has 0 heterocycles. The van der Waals surface area contributed by atoms with Crippen LogP contribution < -0.4 is 15.8 Å². The molecule has 0 aliphatic carbocycles. The zero-order valence-electron chi connectivity index (χ0n) is 13.7. The minimum absolute atomic E-state index is 0. The van der Waals surface area contributed by atoms with Gasteiger partial charge >= 0.3 is 0 Å². The van der Waals surface area contributed by atoms with Gasteiger partial charge in [-0.25, -0.2) is 0 Å². The van der Waals surface area contributed by atoms with Gasteiger partial charge in [0.2, 0.25) is 5.91 Å². The smallest absolute Gasteiger partial charge is 0.221 e. The van der Waals surface area contributed by atoms with E-state index in [1.807, 2.05) is 18.2 Å². The number of hydrogen-bond acceptors (Lipinski definition) is 4. The molecule has 0 aliphatic rings. The Hall–Kier alpha value is -1.30. The number of ether oxygens (including phenoxy) is 1. The fourth-order valence-electron chi connectivity index (χ4n) is 2.40. The third-order valence-electron chi connectivity index (χ3n) is 3.60. The van der Waals surface area contributed by atoms with Crippen LogP contribution in [-0.4, -0.2) is 44.1 Å². The van der Waals surface area contributed by atoms with Gasteiger partial charge in [-0.3, -0.25) is 9.69 Å². The Balaban J connectivity index is 0.00000441. The number of hydrogen-bond donors (Lipinski definition) is 2. The molecule has 1 rings (SSSR count). The lowest BCUT2D eigenvalue weighted by atomic mass is 10.0. The monoisotopic (exact) mass is 329 g/mol. The topological polar surface area (TPSA) is 67.6 Å². The zero-order chi connectivity index (χ0) is 15.7. The second kappa shape index (κ2) is 11.3. The fraction of sp³-hybridized carbons (Fsp3) is 0.562. The van der Waals surface area contributed by atoms with Gasteiger partial charge in [0, 0.05) is 19.5 Å². The Morgan fingerprint density at radius 3 is 2.59 bits per heavy atom. The summed E-state index contributed by atoms with van der Waals surface area (Å²) in [7, 11) is 1.66. The van der Waals surface area contributed by atoms with E-state index in [4.69, 9.17) is 10.5 Å². The molecule has 1 atom stereocenters. The maximum absolute atomic E-state index is 11.7. The molecule has 1 unspecified atom stereocenters. The Morgan fingerprint density at radius 1 is 1.36 bits per heavy atom. The standard InChI is InChI=1S/C16H27N3O2.ClH/c1-4-19(5-2)15(12-18-16(20)9-10-17)13-7-6-8-14(11-13)21-3;/h6-8,11,15H,4-5,9-10,12,17H2,1-3H3,(H,18,20);1H. The van der Waals surface area contributed by atoms with E-state index in [0.717, 1.165) is 24.4 Å². The minimum atomic E-state index is -0.00227. The van der Waals surface area contributed by atoms with Crippen molar-refractivity contribution in [3.63, 3.8) is 0 Å². The van der Waals surface area contributed by atoms with Crippen molar-refractivity contribution in [1.29, 1.82) is 0 Å². The number of nitrogens with two attached hydrogens (primary N) is 1. The van der Waals surface area contributed by atoms with E-state index in [9.17, 15) is 4.79 Å². The zero-order valence-corrected chi connectivity index (χ0v) is 14.5. The molecule has 0 radical (unpaired) electrons. The first-order valence-corrected chi connectivity index (χ1v) is 7.51. The van der Waals surface area contributed by atoms with E-state index in [1.54, 1.807) is 7.11 Å². The van der Waals surface area contributed by atoms with Crippen molar-refractivity contribution in [3.05, 3.63) is 29.8 Å². The summed E-state index contributed by atoms with van der Waals surface area (Å²) in [4.78, 5) is 14.0. The first-order chi connectivity index (χ1) is 10.2. The Kier molecular flexibility index (Phi) is 10.6. The molecule has 6 heteroatoms. The van der Waals surface area contributed by atoms with Gasteiger partial charge in [0.05, 0.1) is 13.2 Å². The maximum Gasteiger partial charge on any atom is 0.221 e. The van der Waals surface area contributed by atoms with E-state index in [2.05, 4.69) is 30.1 Å². The molecule has 3 N–H and O–H groups in total. The predicted octanol–water partition coefficient (Wildman–Crippen LogP) is 1.96. The number of amides is 1. The van der Waals surface area contributed by atoms with Crippen LogP contribution in [0.15, 0.2) is 24.3 Å². The van der Waals surface area contributed by atoms with Crippen LogP contribution in [0.25, 0.3) is 0 Å². The van der Waals surface area contributed by atoms with Crippen LogP contribution in [0.1, 0.15) is 31.9 Å². The van der Waals surface area contributed by atoms with Crippen molar-refractivity contribution in [2.45, 2.75) is 26.3 Å². The van der Waals surface area contributed by atoms with E-state index < -0.39 is 0 Å². The van der Waals surface area contributed by atoms with E-state index in [1.165, 1.54) is 0 Å². The lowest BCUT2D eigenvalue weighted by molar-refractivity contribution is -0.121. The van der Waals surface area contributed by atoms with Crippen molar-refractivity contribution in [2.75, 3.05) is 33.3 Å². The van der Waals surface area contributed by atoms with Gasteiger partial charge in [0.1, 0.15) is 5.75 Å². The van der Waals surface area contributed by atoms with Gasteiger partial charge in [-0.15, -0.1) is 12.4 Å². The molecule has 0 saturated carbocycles. The minimum Gasteiger partial charge on any atom is -0.497 e. The molecule has 1 aromatic carbocycles. The molecule has 0 bridgehead atoms. The normalized spacial score (nSPS) is 11.7. The van der Waals surface area contributed by atoms with Crippen LogP contribution in [0.5, 0.6) is 5.75 Å². The molecular weight excluding hydrogens is 302 g/mol. The molecule has 22 heavy (non-hydrogen) atoms. The largest absolute Gasteiger partial charge is 0.497 e. The second-order valence-corrected chi connectivity index (χ2v) is 4.86. The summed E-state index contributed by atoms with van der Waals surface area (Å²) in [6, 6.07) is 8.14. The van der Waals surface area contributed by atoms with Crippen LogP contribution in [0, 0.1) is 0 Å². The Labute approximate surface area is 139 Å². The lowest BCUT2D eigenvalue weighted by Crippen LogP contribution is -2.38. The molecule has 0 saturated heterocycles. The van der Waals surface area contributed by atoms with Gasteiger partial charge in [0.25, 0.3) is 0 Å². The van der Waals surface area contributed by atoms with Crippen LogP contribution in [-0.2, 0) is 4.79 Å². The number of carbonyl (C=O) groups excluding carboxylic acids is 1. The molecule has 0 aliphatic heterocycles. The second-order valence-electron chi connectivity index (χ2n) is 4.86. The van der Waals surface area contributed by atoms with Gasteiger partial charge in [-0.2, -0.15) is 0 Å². The van der Waals surface area contributed by atoms with Crippen LogP contribution >= 0.6 is 12.4 Å². The third kappa shape index (κ3) is 6.22. The van der Waals surface area contributed by atoms with Crippen LogP contribution in [0.2, 0.25) is 0 Å². The van der Waals surface area contributed by atoms with E-state index >= 15 is 0 Å². The molecule has 0 aromatic heterocycles. The van der Waals surface area contributed by atoms with Crippen LogP contribution in [0.3, 0.4) is 0 Å². The van der Waals surface area contributed by atoms with Crippen molar-refractivity contribution < 1.29 is 9.53 Å². The van der Waals surface area contributed by atoms with Gasteiger partial charge in [0.15, 0.2) is 0 Å². The molecule has 1 amide bonds. The molecule has 1 aromatic rings. The van der Waals surface area contributed by atoms with Crippen molar-refractivity contribution in [3.8, 4) is 5.75 Å². The Morgan fingerprint density at radius 2 is 2.05 bits per heavy atom. The highest BCUT2D eigenvalue weighted by Crippen LogP contribution is 2.23. The predicted molar refractivity (Wildman–Crippen MR) is 92.6 cm³/mol. The number of nitrogens with one attached hydrogen (secondary N) is 1. The van der Waals surface area contributed by atoms with E-state index in [0.29, 0.717) is 19.5 Å². The lowest BCUT2D eigenvalue weighted by Gasteiger charge is -2.30. The van der Waals surface area contributed by atoms with Crippen molar-refractivity contribution in [1.82, 2.24) is 10.2 Å². The summed E-state index contributed by atoms with van der Waals surface area (Å²) in [5.74, 6) is 0.829. The summed E-state index contributed by atoms with van der Waals surface area (Å²) in [6.07, 6.45) is 0.364. The Bertz CT molecular complexity index is 439. The molecule has 126 valence electrons. The highest BCUT2D eigenvalue weighted by atomic mass is 35.5. The van der Waals surface area contributed by atoms with Gasteiger partial charge in [-0.05, 0) is 30.8 Å². The van der Waals surface area contributed by atoms with Crippen LogP contribution in [0.4, 0.5) is 0 Å². The quantitative estimate of drug-likeness (QED) is 0.727. The third-order valence-corrected chi connectivity index (χ3v) is 3.60. The van der Waals surface area contributed by atoms with Gasteiger partial charge < -0.3 is 15.8 Å². The number of rotatable bonds is 9. The first kappa shape index (κ1) is 20.7. The summed E-state index contributed by atoms with van der Waals surface area (Å²) >= 11 is 0. The summed E-state index contributed by atoms with van der Waals surface area (Å²) in [5.41, 5.74) is 6.55.